The van der Waals surface area contributed by atoms with E-state index in [2.05, 4.69) is 39.5 Å². The van der Waals surface area contributed by atoms with Gasteiger partial charge in [0.2, 0.25) is 0 Å². The highest BCUT2D eigenvalue weighted by molar-refractivity contribution is 5.09. The Morgan fingerprint density at radius 1 is 1.31 bits per heavy atom. The van der Waals surface area contributed by atoms with E-state index < -0.39 is 0 Å². The Bertz CT molecular complexity index is 441. The molecule has 4 heteroatoms. The first-order chi connectivity index (χ1) is 7.75. The minimum atomic E-state index is 0.929. The van der Waals surface area contributed by atoms with Gasteiger partial charge in [0.15, 0.2) is 0 Å². The number of nitrogens with one attached hydrogen (secondary N) is 1. The quantitative estimate of drug-likeness (QED) is 0.762. The molecule has 86 valence electrons. The van der Waals surface area contributed by atoms with Crippen LogP contribution < -0.4 is 5.32 Å². The molecule has 2 aromatic heterocycles. The van der Waals surface area contributed by atoms with Gasteiger partial charge in [-0.25, -0.2) is 0 Å². The van der Waals surface area contributed by atoms with Crippen molar-refractivity contribution in [1.82, 2.24) is 19.7 Å². The van der Waals surface area contributed by atoms with Gasteiger partial charge in [0.1, 0.15) is 0 Å². The molecule has 2 heterocycles. The smallest absolute Gasteiger partial charge is 0.0492 e. The van der Waals surface area contributed by atoms with Crippen molar-refractivity contribution in [3.05, 3.63) is 42.0 Å². The molecule has 0 aliphatic carbocycles. The summed E-state index contributed by atoms with van der Waals surface area (Å²) >= 11 is 0. The zero-order valence-electron chi connectivity index (χ0n) is 9.85. The minimum absolute atomic E-state index is 0.929. The molecule has 0 atom stereocenters. The fourth-order valence-electron chi connectivity index (χ4n) is 1.76. The van der Waals surface area contributed by atoms with Gasteiger partial charge in [0, 0.05) is 57.9 Å². The summed E-state index contributed by atoms with van der Waals surface area (Å²) in [5.74, 6) is 0. The molecule has 0 aromatic carbocycles. The van der Waals surface area contributed by atoms with Crippen LogP contribution in [0.15, 0.2) is 30.7 Å². The first-order valence-electron chi connectivity index (χ1n) is 5.54. The van der Waals surface area contributed by atoms with E-state index in [1.807, 2.05) is 25.0 Å². The summed E-state index contributed by atoms with van der Waals surface area (Å²) < 4.78 is 3.99. The molecule has 4 nitrogen and oxygen atoms in total. The number of hydrogen-bond acceptors (Lipinski definition) is 2. The summed E-state index contributed by atoms with van der Waals surface area (Å²) in [6.07, 6.45) is 7.06. The van der Waals surface area contributed by atoms with E-state index in [1.54, 1.807) is 0 Å². The molecule has 16 heavy (non-hydrogen) atoms. The van der Waals surface area contributed by atoms with Crippen LogP contribution in [0.4, 0.5) is 0 Å². The molecule has 2 aromatic rings. The molecule has 0 bridgehead atoms. The Kier molecular flexibility index (Phi) is 3.41. The molecule has 0 amide bonds. The Labute approximate surface area is 95.9 Å². The van der Waals surface area contributed by atoms with Crippen LogP contribution in [0.25, 0.3) is 0 Å². The zero-order chi connectivity index (χ0) is 11.4. The third-order valence-electron chi connectivity index (χ3n) is 2.70. The number of hydrogen-bond donors (Lipinski definition) is 1. The Morgan fingerprint density at radius 2 is 2.19 bits per heavy atom. The van der Waals surface area contributed by atoms with Gasteiger partial charge in [-0.15, -0.1) is 0 Å². The van der Waals surface area contributed by atoms with Crippen molar-refractivity contribution in [3.8, 4) is 0 Å². The number of aromatic nitrogens is 3. The molecular formula is C12H18N4. The standard InChI is InChI=1S/C12H18N4/c1-15-8-5-11(10-15)9-13-6-3-12-4-7-14-16(12)2/h4-5,7-8,10,13H,3,6,9H2,1-2H3. The Balaban J connectivity index is 1.71. The van der Waals surface area contributed by atoms with Crippen LogP contribution in [0.5, 0.6) is 0 Å². The zero-order valence-corrected chi connectivity index (χ0v) is 9.85. The number of aryl methyl sites for hydroxylation is 2. The lowest BCUT2D eigenvalue weighted by atomic mass is 10.3. The molecule has 0 saturated heterocycles. The van der Waals surface area contributed by atoms with Gasteiger partial charge >= 0.3 is 0 Å². The molecule has 0 aliphatic heterocycles. The SMILES string of the molecule is Cn1ccc(CNCCc2ccnn2C)c1. The number of rotatable bonds is 5. The maximum atomic E-state index is 4.14. The second-order valence-corrected chi connectivity index (χ2v) is 4.06. The molecule has 0 unspecified atom stereocenters. The molecule has 0 aliphatic rings. The highest BCUT2D eigenvalue weighted by atomic mass is 15.3. The molecule has 1 N–H and O–H groups in total. The van der Waals surface area contributed by atoms with Crippen molar-refractivity contribution in [2.24, 2.45) is 14.1 Å². The molecule has 0 radical (unpaired) electrons. The largest absolute Gasteiger partial charge is 0.357 e. The maximum absolute atomic E-state index is 4.14. The molecule has 0 fully saturated rings. The van der Waals surface area contributed by atoms with Crippen LogP contribution in [-0.4, -0.2) is 20.9 Å². The van der Waals surface area contributed by atoms with Crippen LogP contribution in [-0.2, 0) is 27.1 Å². The molecule has 2 rings (SSSR count). The van der Waals surface area contributed by atoms with E-state index in [0.29, 0.717) is 0 Å². The van der Waals surface area contributed by atoms with Crippen molar-refractivity contribution in [1.29, 1.82) is 0 Å². The first kappa shape index (κ1) is 11.0. The summed E-state index contributed by atoms with van der Waals surface area (Å²) in [5.41, 5.74) is 2.59. The topological polar surface area (TPSA) is 34.8 Å². The first-order valence-corrected chi connectivity index (χ1v) is 5.54. The summed E-state index contributed by atoms with van der Waals surface area (Å²) in [6, 6.07) is 4.20. The van der Waals surface area contributed by atoms with E-state index in [0.717, 1.165) is 19.5 Å². The van der Waals surface area contributed by atoms with E-state index in [4.69, 9.17) is 0 Å². The summed E-state index contributed by atoms with van der Waals surface area (Å²) in [5, 5.41) is 7.57. The predicted octanol–water partition coefficient (Wildman–Crippen LogP) is 1.09. The lowest BCUT2D eigenvalue weighted by Gasteiger charge is -2.03. The van der Waals surface area contributed by atoms with Crippen molar-refractivity contribution < 1.29 is 0 Å². The summed E-state index contributed by atoms with van der Waals surface area (Å²) in [6.45, 7) is 1.91. The van der Waals surface area contributed by atoms with E-state index in [1.165, 1.54) is 11.3 Å². The van der Waals surface area contributed by atoms with Gasteiger partial charge < -0.3 is 9.88 Å². The second kappa shape index (κ2) is 4.99. The van der Waals surface area contributed by atoms with Crippen LogP contribution in [0, 0.1) is 0 Å². The summed E-state index contributed by atoms with van der Waals surface area (Å²) in [7, 11) is 4.02. The van der Waals surface area contributed by atoms with Crippen LogP contribution in [0.3, 0.4) is 0 Å². The van der Waals surface area contributed by atoms with Crippen molar-refractivity contribution in [2.75, 3.05) is 6.54 Å². The lowest BCUT2D eigenvalue weighted by Crippen LogP contribution is -2.17. The Hall–Kier alpha value is -1.55. The average Bonchev–Trinajstić information content (AvgIpc) is 2.83. The molecule has 0 saturated carbocycles. The van der Waals surface area contributed by atoms with Crippen molar-refractivity contribution >= 4 is 0 Å². The van der Waals surface area contributed by atoms with Gasteiger partial charge in [-0.1, -0.05) is 0 Å². The highest BCUT2D eigenvalue weighted by Crippen LogP contribution is 1.99. The Morgan fingerprint density at radius 3 is 2.81 bits per heavy atom. The predicted molar refractivity (Wildman–Crippen MR) is 64.0 cm³/mol. The van der Waals surface area contributed by atoms with E-state index in [9.17, 15) is 0 Å². The van der Waals surface area contributed by atoms with Gasteiger partial charge in [-0.2, -0.15) is 5.10 Å². The van der Waals surface area contributed by atoms with Crippen LogP contribution in [0.1, 0.15) is 11.3 Å². The van der Waals surface area contributed by atoms with Gasteiger partial charge in [-0.05, 0) is 17.7 Å². The average molecular weight is 218 g/mol. The lowest BCUT2D eigenvalue weighted by molar-refractivity contribution is 0.642. The number of nitrogens with zero attached hydrogens (tertiary/aromatic N) is 3. The van der Waals surface area contributed by atoms with Crippen LogP contribution >= 0.6 is 0 Å². The monoisotopic (exact) mass is 218 g/mol. The highest BCUT2D eigenvalue weighted by Gasteiger charge is 1.98. The minimum Gasteiger partial charge on any atom is -0.357 e. The summed E-state index contributed by atoms with van der Waals surface area (Å²) in [4.78, 5) is 0. The third-order valence-corrected chi connectivity index (χ3v) is 2.70. The fraction of sp³-hybridized carbons (Fsp3) is 0.417. The van der Waals surface area contributed by atoms with E-state index >= 15 is 0 Å². The molecule has 0 spiro atoms. The maximum Gasteiger partial charge on any atom is 0.0492 e. The molecular weight excluding hydrogens is 200 g/mol. The van der Waals surface area contributed by atoms with Gasteiger partial charge in [0.05, 0.1) is 0 Å². The normalized spacial score (nSPS) is 10.9. The second-order valence-electron chi connectivity index (χ2n) is 4.06. The van der Waals surface area contributed by atoms with Gasteiger partial charge in [0.25, 0.3) is 0 Å². The third kappa shape index (κ3) is 2.73. The van der Waals surface area contributed by atoms with Crippen molar-refractivity contribution in [2.45, 2.75) is 13.0 Å². The van der Waals surface area contributed by atoms with Crippen molar-refractivity contribution in [3.63, 3.8) is 0 Å². The van der Waals surface area contributed by atoms with Crippen LogP contribution in [0.2, 0.25) is 0 Å². The van der Waals surface area contributed by atoms with E-state index in [-0.39, 0.29) is 0 Å². The fourth-order valence-corrected chi connectivity index (χ4v) is 1.76. The van der Waals surface area contributed by atoms with Gasteiger partial charge in [-0.3, -0.25) is 4.68 Å².